The molecule has 1 saturated heterocycles. The summed E-state index contributed by atoms with van der Waals surface area (Å²) in [5.74, 6) is 7.76. The van der Waals surface area contributed by atoms with E-state index in [4.69, 9.17) is 11.6 Å². The maximum atomic E-state index is 11.6. The third kappa shape index (κ3) is 5.68. The normalized spacial score (nSPS) is 15.9. The molecule has 0 spiro atoms. The van der Waals surface area contributed by atoms with Crippen molar-refractivity contribution < 1.29 is 8.42 Å². The third-order valence-electron chi connectivity index (χ3n) is 6.24. The number of nitrogens with zero attached hydrogens (tertiary/aromatic N) is 1. The lowest BCUT2D eigenvalue weighted by atomic mass is 9.94. The molecule has 1 aliphatic rings. The van der Waals surface area contributed by atoms with Crippen LogP contribution in [0.25, 0.3) is 10.9 Å². The molecule has 1 aliphatic heterocycles. The van der Waals surface area contributed by atoms with Crippen LogP contribution in [0.15, 0.2) is 48.5 Å². The van der Waals surface area contributed by atoms with Gasteiger partial charge in [-0.2, -0.15) is 0 Å². The van der Waals surface area contributed by atoms with Gasteiger partial charge in [-0.25, -0.2) is 8.42 Å². The van der Waals surface area contributed by atoms with Crippen molar-refractivity contribution >= 4 is 38.0 Å². The highest BCUT2D eigenvalue weighted by atomic mass is 35.5. The van der Waals surface area contributed by atoms with Crippen LogP contribution < -0.4 is 5.32 Å². The number of aryl methyl sites for hydroxylation is 2. The summed E-state index contributed by atoms with van der Waals surface area (Å²) < 4.78 is 25.5. The Morgan fingerprint density at radius 1 is 1.09 bits per heavy atom. The monoisotopic (exact) mass is 468 g/mol. The first-order valence-electron chi connectivity index (χ1n) is 11.2. The van der Waals surface area contributed by atoms with Gasteiger partial charge in [0, 0.05) is 28.2 Å². The van der Waals surface area contributed by atoms with Crippen molar-refractivity contribution in [1.82, 2.24) is 4.57 Å². The van der Waals surface area contributed by atoms with Crippen molar-refractivity contribution in [2.75, 3.05) is 23.4 Å². The molecule has 0 atom stereocenters. The molecule has 6 heteroatoms. The topological polar surface area (TPSA) is 51.1 Å². The summed E-state index contributed by atoms with van der Waals surface area (Å²) in [5.41, 5.74) is 4.54. The van der Waals surface area contributed by atoms with Crippen molar-refractivity contribution in [3.63, 3.8) is 0 Å². The van der Waals surface area contributed by atoms with Crippen LogP contribution in [0.2, 0.25) is 5.02 Å². The number of aromatic nitrogens is 1. The quantitative estimate of drug-likeness (QED) is 0.483. The molecule has 168 valence electrons. The van der Waals surface area contributed by atoms with E-state index in [0.717, 1.165) is 48.6 Å². The Balaban J connectivity index is 1.41. The van der Waals surface area contributed by atoms with Crippen LogP contribution >= 0.6 is 11.6 Å². The number of hydrogen-bond acceptors (Lipinski definition) is 3. The molecule has 4 nitrogen and oxygen atoms in total. The van der Waals surface area contributed by atoms with E-state index in [2.05, 4.69) is 52.9 Å². The smallest absolute Gasteiger partial charge is 0.150 e. The number of anilines is 1. The molecule has 1 N–H and O–H groups in total. The van der Waals surface area contributed by atoms with Crippen LogP contribution in [0.3, 0.4) is 0 Å². The minimum Gasteiger partial charge on any atom is -0.374 e. The van der Waals surface area contributed by atoms with Gasteiger partial charge in [0.15, 0.2) is 0 Å². The molecule has 0 bridgehead atoms. The fraction of sp³-hybridized carbons (Fsp3) is 0.385. The zero-order valence-electron chi connectivity index (χ0n) is 18.4. The second-order valence-corrected chi connectivity index (χ2v) is 11.2. The summed E-state index contributed by atoms with van der Waals surface area (Å²) in [6.07, 6.45) is 3.66. The molecule has 2 heterocycles. The van der Waals surface area contributed by atoms with Gasteiger partial charge in [0.1, 0.15) is 9.84 Å². The highest BCUT2D eigenvalue weighted by Crippen LogP contribution is 2.26. The van der Waals surface area contributed by atoms with Gasteiger partial charge in [-0.3, -0.25) is 0 Å². The van der Waals surface area contributed by atoms with Crippen LogP contribution in [0, 0.1) is 17.8 Å². The molecule has 0 aliphatic carbocycles. The van der Waals surface area contributed by atoms with E-state index < -0.39 is 9.84 Å². The first-order valence-corrected chi connectivity index (χ1v) is 13.4. The largest absolute Gasteiger partial charge is 0.374 e. The third-order valence-corrected chi connectivity index (χ3v) is 8.21. The minimum atomic E-state index is -2.79. The van der Waals surface area contributed by atoms with Gasteiger partial charge >= 0.3 is 0 Å². The van der Waals surface area contributed by atoms with Crippen LogP contribution in [-0.2, 0) is 22.8 Å². The number of fused-ring (bicyclic) bond motifs is 1. The number of sulfone groups is 1. The Morgan fingerprint density at radius 2 is 1.84 bits per heavy atom. The van der Waals surface area contributed by atoms with E-state index in [9.17, 15) is 8.42 Å². The van der Waals surface area contributed by atoms with Crippen LogP contribution in [-0.4, -0.2) is 31.0 Å². The minimum absolute atomic E-state index is 0.352. The zero-order chi connectivity index (χ0) is 22.6. The van der Waals surface area contributed by atoms with E-state index in [1.165, 1.54) is 16.5 Å². The standard InChI is InChI=1S/C26H29ClN2O2S/c1-2-29-25(4-3-15-28-24-10-8-23(27)9-11-24)19-22-18-21(7-12-26(22)29)6-5-20-13-16-32(30,31)17-14-20/h7-12,18-20,28H,2,5-6,13-17H2,1H3. The lowest BCUT2D eigenvalue weighted by Gasteiger charge is -2.21. The summed E-state index contributed by atoms with van der Waals surface area (Å²) in [5, 5.41) is 5.23. The molecule has 1 aromatic heterocycles. The second kappa shape index (κ2) is 10.0. The highest BCUT2D eigenvalue weighted by Gasteiger charge is 2.23. The Hall–Kier alpha value is -2.42. The van der Waals surface area contributed by atoms with Crippen molar-refractivity contribution in [3.8, 4) is 11.8 Å². The molecule has 3 aromatic rings. The van der Waals surface area contributed by atoms with Gasteiger partial charge in [-0.15, -0.1) is 0 Å². The first-order chi connectivity index (χ1) is 15.4. The number of benzene rings is 2. The SMILES string of the molecule is CCn1c(C#CCNc2ccc(Cl)cc2)cc2cc(CCC3CCS(=O)(=O)CC3)ccc21. The van der Waals surface area contributed by atoms with Crippen molar-refractivity contribution in [3.05, 3.63) is 64.8 Å². The fourth-order valence-electron chi connectivity index (χ4n) is 4.37. The molecule has 0 unspecified atom stereocenters. The van der Waals surface area contributed by atoms with Crippen molar-refractivity contribution in [2.45, 2.75) is 39.2 Å². The average molecular weight is 469 g/mol. The van der Waals surface area contributed by atoms with E-state index in [1.54, 1.807) is 0 Å². The molecule has 0 saturated carbocycles. The molecule has 2 aromatic carbocycles. The van der Waals surface area contributed by atoms with Gasteiger partial charge in [0.25, 0.3) is 0 Å². The predicted octanol–water partition coefficient (Wildman–Crippen LogP) is 5.54. The first kappa shape index (κ1) is 22.8. The molecule has 1 fully saturated rings. The summed E-state index contributed by atoms with van der Waals surface area (Å²) >= 11 is 5.93. The number of hydrogen-bond donors (Lipinski definition) is 1. The molecule has 4 rings (SSSR count). The number of nitrogens with one attached hydrogen (secondary N) is 1. The fourth-order valence-corrected chi connectivity index (χ4v) is 6.08. The van der Waals surface area contributed by atoms with Crippen molar-refractivity contribution in [2.24, 2.45) is 5.92 Å². The summed E-state index contributed by atoms with van der Waals surface area (Å²) in [6, 6.07) is 16.4. The van der Waals surface area contributed by atoms with E-state index in [0.29, 0.717) is 24.0 Å². The van der Waals surface area contributed by atoms with Crippen LogP contribution in [0.5, 0.6) is 0 Å². The molecule has 32 heavy (non-hydrogen) atoms. The van der Waals surface area contributed by atoms with Crippen molar-refractivity contribution in [1.29, 1.82) is 0 Å². The molecule has 0 amide bonds. The van der Waals surface area contributed by atoms with E-state index >= 15 is 0 Å². The number of halogens is 1. The Bertz CT molecular complexity index is 1240. The van der Waals surface area contributed by atoms with Gasteiger partial charge in [0.2, 0.25) is 0 Å². The Labute approximate surface area is 195 Å². The summed E-state index contributed by atoms with van der Waals surface area (Å²) in [7, 11) is -2.79. The maximum absolute atomic E-state index is 11.6. The molecular formula is C26H29ClN2O2S. The predicted molar refractivity (Wildman–Crippen MR) is 134 cm³/mol. The summed E-state index contributed by atoms with van der Waals surface area (Å²) in [6.45, 7) is 3.57. The molecule has 0 radical (unpaired) electrons. The summed E-state index contributed by atoms with van der Waals surface area (Å²) in [4.78, 5) is 0. The Kier molecular flexibility index (Phi) is 7.13. The van der Waals surface area contributed by atoms with E-state index in [-0.39, 0.29) is 0 Å². The van der Waals surface area contributed by atoms with Gasteiger partial charge in [-0.1, -0.05) is 23.6 Å². The highest BCUT2D eigenvalue weighted by molar-refractivity contribution is 7.91. The average Bonchev–Trinajstić information content (AvgIpc) is 3.13. The van der Waals surface area contributed by atoms with Crippen LogP contribution in [0.1, 0.15) is 37.4 Å². The lowest BCUT2D eigenvalue weighted by Crippen LogP contribution is -2.23. The second-order valence-electron chi connectivity index (χ2n) is 8.46. The van der Waals surface area contributed by atoms with Gasteiger partial charge in [-0.05, 0) is 92.5 Å². The maximum Gasteiger partial charge on any atom is 0.150 e. The molecular weight excluding hydrogens is 440 g/mol. The van der Waals surface area contributed by atoms with E-state index in [1.807, 2.05) is 24.3 Å². The van der Waals surface area contributed by atoms with Crippen LogP contribution in [0.4, 0.5) is 5.69 Å². The number of rotatable bonds is 6. The zero-order valence-corrected chi connectivity index (χ0v) is 20.0. The van der Waals surface area contributed by atoms with Gasteiger partial charge < -0.3 is 9.88 Å². The van der Waals surface area contributed by atoms with Gasteiger partial charge in [0.05, 0.1) is 23.7 Å². The Morgan fingerprint density at radius 3 is 2.56 bits per heavy atom. The lowest BCUT2D eigenvalue weighted by molar-refractivity contribution is 0.436.